The first-order valence-corrected chi connectivity index (χ1v) is 4.65. The number of carboxylic acid groups (broad SMARTS) is 2. The predicted octanol–water partition coefficient (Wildman–Crippen LogP) is -1.13. The van der Waals surface area contributed by atoms with Gasteiger partial charge in [-0.05, 0) is 18.9 Å². The van der Waals surface area contributed by atoms with Gasteiger partial charge < -0.3 is 15.6 Å². The van der Waals surface area contributed by atoms with Crippen LogP contribution in [0, 0.1) is 5.92 Å². The number of hydrogen-bond donors (Lipinski definition) is 4. The van der Waals surface area contributed by atoms with Crippen molar-refractivity contribution in [2.75, 3.05) is 0 Å². The lowest BCUT2D eigenvalue weighted by Crippen LogP contribution is -2.51. The van der Waals surface area contributed by atoms with Crippen LogP contribution >= 0.6 is 0 Å². The number of carbonyl (C=O) groups excluding carboxylic acids is 1. The predicted molar refractivity (Wildman–Crippen MR) is 50.1 cm³/mol. The molecule has 4 N–H and O–H groups in total. The Kier molecular flexibility index (Phi) is 2.02. The Morgan fingerprint density at radius 3 is 2.56 bits per heavy atom. The highest BCUT2D eigenvalue weighted by molar-refractivity contribution is 6.12. The summed E-state index contributed by atoms with van der Waals surface area (Å²) in [5, 5.41) is 17.8. The van der Waals surface area contributed by atoms with E-state index in [1.807, 2.05) is 0 Å². The first-order chi connectivity index (χ1) is 7.38. The van der Waals surface area contributed by atoms with Gasteiger partial charge in [-0.25, -0.2) is 10.2 Å². The summed E-state index contributed by atoms with van der Waals surface area (Å²) < 4.78 is 0. The number of nitrogens with one attached hydrogen (secondary N) is 2. The lowest BCUT2D eigenvalue weighted by molar-refractivity contribution is -0.146. The first-order valence-electron chi connectivity index (χ1n) is 4.65. The minimum atomic E-state index is -1.41. The van der Waals surface area contributed by atoms with Gasteiger partial charge in [0.05, 0.1) is 5.70 Å². The standard InChI is InChI=1S/C9H10N2O5/c1-9(8(15)16)4-2-3(7(13)14)6(12)5(4)10-11-9/h3,10-11H,2H2,1H3,(H,13,14)(H,15,16). The van der Waals surface area contributed by atoms with E-state index in [1.54, 1.807) is 0 Å². The number of hydrogen-bond acceptors (Lipinski definition) is 5. The van der Waals surface area contributed by atoms with E-state index in [1.165, 1.54) is 6.92 Å². The van der Waals surface area contributed by atoms with Crippen molar-refractivity contribution in [1.29, 1.82) is 0 Å². The molecular formula is C9H10N2O5. The number of aliphatic carboxylic acids is 2. The molecule has 2 atom stereocenters. The molecule has 0 aromatic rings. The van der Waals surface area contributed by atoms with Gasteiger partial charge in [0.25, 0.3) is 0 Å². The Bertz CT molecular complexity index is 441. The number of carboxylic acids is 2. The Labute approximate surface area is 90.1 Å². The molecule has 0 bridgehead atoms. The first kappa shape index (κ1) is 10.6. The molecule has 0 aromatic heterocycles. The molecule has 0 amide bonds. The second kappa shape index (κ2) is 3.05. The van der Waals surface area contributed by atoms with Gasteiger partial charge in [-0.3, -0.25) is 9.59 Å². The van der Waals surface area contributed by atoms with Crippen LogP contribution in [0.2, 0.25) is 0 Å². The zero-order chi connectivity index (χ0) is 12.1. The van der Waals surface area contributed by atoms with Gasteiger partial charge in [-0.1, -0.05) is 0 Å². The molecule has 0 saturated heterocycles. The molecule has 0 radical (unpaired) electrons. The van der Waals surface area contributed by atoms with Gasteiger partial charge in [0.1, 0.15) is 5.92 Å². The van der Waals surface area contributed by atoms with Crippen molar-refractivity contribution in [1.82, 2.24) is 10.9 Å². The second-order valence-corrected chi connectivity index (χ2v) is 3.99. The lowest BCUT2D eigenvalue weighted by Gasteiger charge is -2.22. The van der Waals surface area contributed by atoms with Gasteiger partial charge in [0.2, 0.25) is 0 Å². The molecule has 1 heterocycles. The van der Waals surface area contributed by atoms with Crippen molar-refractivity contribution in [3.8, 4) is 0 Å². The maximum Gasteiger partial charge on any atom is 0.329 e. The van der Waals surface area contributed by atoms with Crippen LogP contribution in [0.5, 0.6) is 0 Å². The van der Waals surface area contributed by atoms with E-state index in [0.717, 1.165) is 0 Å². The zero-order valence-corrected chi connectivity index (χ0v) is 8.40. The molecule has 86 valence electrons. The molecule has 0 saturated carbocycles. The van der Waals surface area contributed by atoms with Crippen LogP contribution in [0.15, 0.2) is 11.3 Å². The summed E-state index contributed by atoms with van der Waals surface area (Å²) in [5.41, 5.74) is 3.92. The van der Waals surface area contributed by atoms with E-state index in [0.29, 0.717) is 5.57 Å². The molecule has 2 unspecified atom stereocenters. The highest BCUT2D eigenvalue weighted by Crippen LogP contribution is 2.37. The summed E-state index contributed by atoms with van der Waals surface area (Å²) in [6.45, 7) is 1.39. The van der Waals surface area contributed by atoms with Gasteiger partial charge >= 0.3 is 11.9 Å². The summed E-state index contributed by atoms with van der Waals surface area (Å²) in [6, 6.07) is 0. The molecule has 0 fully saturated rings. The largest absolute Gasteiger partial charge is 0.481 e. The Morgan fingerprint density at radius 1 is 1.44 bits per heavy atom. The third kappa shape index (κ3) is 1.15. The Hall–Kier alpha value is -1.89. The van der Waals surface area contributed by atoms with Crippen LogP contribution < -0.4 is 10.9 Å². The summed E-state index contributed by atoms with van der Waals surface area (Å²) in [4.78, 5) is 33.4. The van der Waals surface area contributed by atoms with E-state index < -0.39 is 29.2 Å². The van der Waals surface area contributed by atoms with E-state index >= 15 is 0 Å². The molecular weight excluding hydrogens is 216 g/mol. The monoisotopic (exact) mass is 226 g/mol. The van der Waals surface area contributed by atoms with Crippen molar-refractivity contribution in [3.63, 3.8) is 0 Å². The molecule has 1 aliphatic heterocycles. The Morgan fingerprint density at radius 2 is 2.06 bits per heavy atom. The van der Waals surface area contributed by atoms with Crippen molar-refractivity contribution >= 4 is 17.7 Å². The second-order valence-electron chi connectivity index (χ2n) is 3.99. The van der Waals surface area contributed by atoms with Crippen LogP contribution in [0.4, 0.5) is 0 Å². The third-order valence-electron chi connectivity index (χ3n) is 3.04. The number of Topliss-reactive ketones (excluding diaryl/α,β-unsaturated/α-hetero) is 1. The molecule has 1 aliphatic carbocycles. The summed E-state index contributed by atoms with van der Waals surface area (Å²) >= 11 is 0. The maximum atomic E-state index is 11.6. The summed E-state index contributed by atoms with van der Waals surface area (Å²) in [7, 11) is 0. The number of hydrazine groups is 1. The van der Waals surface area contributed by atoms with Crippen molar-refractivity contribution in [2.24, 2.45) is 5.92 Å². The van der Waals surface area contributed by atoms with E-state index in [2.05, 4.69) is 10.9 Å². The number of carbonyl (C=O) groups is 3. The molecule has 2 rings (SSSR count). The fourth-order valence-electron chi connectivity index (χ4n) is 1.96. The van der Waals surface area contributed by atoms with Crippen LogP contribution in [0.3, 0.4) is 0 Å². The smallest absolute Gasteiger partial charge is 0.329 e. The number of allylic oxidation sites excluding steroid dienone is 1. The molecule has 7 heteroatoms. The van der Waals surface area contributed by atoms with Gasteiger partial charge in [0, 0.05) is 0 Å². The fourth-order valence-corrected chi connectivity index (χ4v) is 1.96. The molecule has 0 spiro atoms. The topological polar surface area (TPSA) is 116 Å². The molecule has 7 nitrogen and oxygen atoms in total. The average molecular weight is 226 g/mol. The van der Waals surface area contributed by atoms with E-state index in [-0.39, 0.29) is 12.1 Å². The highest BCUT2D eigenvalue weighted by Gasteiger charge is 2.52. The highest BCUT2D eigenvalue weighted by atomic mass is 16.4. The van der Waals surface area contributed by atoms with Gasteiger partial charge in [-0.15, -0.1) is 0 Å². The normalized spacial score (nSPS) is 32.6. The quantitative estimate of drug-likeness (QED) is 0.440. The molecule has 0 aromatic carbocycles. The minimum Gasteiger partial charge on any atom is -0.481 e. The number of rotatable bonds is 2. The summed E-state index contributed by atoms with van der Waals surface area (Å²) in [6.07, 6.45) is -0.0632. The zero-order valence-electron chi connectivity index (χ0n) is 8.40. The van der Waals surface area contributed by atoms with Crippen LogP contribution in [0.25, 0.3) is 0 Å². The van der Waals surface area contributed by atoms with Crippen LogP contribution in [0.1, 0.15) is 13.3 Å². The molecule has 16 heavy (non-hydrogen) atoms. The van der Waals surface area contributed by atoms with E-state index in [4.69, 9.17) is 10.2 Å². The van der Waals surface area contributed by atoms with Crippen LogP contribution in [-0.4, -0.2) is 33.5 Å². The number of ketones is 1. The summed E-state index contributed by atoms with van der Waals surface area (Å²) in [5.74, 6) is -4.11. The molecule has 2 aliphatic rings. The Balaban J connectivity index is 2.38. The SMILES string of the molecule is CC1(C(=O)O)NNC2=C1CC(C(=O)O)C2=O. The van der Waals surface area contributed by atoms with Crippen molar-refractivity contribution in [2.45, 2.75) is 18.9 Å². The third-order valence-corrected chi connectivity index (χ3v) is 3.04. The minimum absolute atomic E-state index is 0.0632. The average Bonchev–Trinajstić information content (AvgIpc) is 2.68. The van der Waals surface area contributed by atoms with Gasteiger partial charge in [-0.2, -0.15) is 0 Å². The maximum absolute atomic E-state index is 11.6. The van der Waals surface area contributed by atoms with Crippen LogP contribution in [-0.2, 0) is 14.4 Å². The van der Waals surface area contributed by atoms with Gasteiger partial charge in [0.15, 0.2) is 11.3 Å². The van der Waals surface area contributed by atoms with Crippen molar-refractivity contribution < 1.29 is 24.6 Å². The van der Waals surface area contributed by atoms with Crippen molar-refractivity contribution in [3.05, 3.63) is 11.3 Å². The fraction of sp³-hybridized carbons (Fsp3) is 0.444. The lowest BCUT2D eigenvalue weighted by atomic mass is 9.91. The van der Waals surface area contributed by atoms with E-state index in [9.17, 15) is 14.4 Å².